The number of rotatable bonds is 8. The number of phenols is 1. The lowest BCUT2D eigenvalue weighted by atomic mass is 10.1. The van der Waals surface area contributed by atoms with Crippen LogP contribution in [0.2, 0.25) is 0 Å². The zero-order chi connectivity index (χ0) is 17.4. The standard InChI is InChI=1S/C19H23NO4/c1-15(13-21)11-20(12-16-7-3-2-4-8-16)19(23)14-24-18-10-6-5-9-17(18)22/h2-10,15,21-22H,11-14H2,1H3/t15-/m1/s1. The number of nitrogens with zero attached hydrogens (tertiary/aromatic N) is 1. The number of carbonyl (C=O) groups excluding carboxylic acids is 1. The molecule has 5 nitrogen and oxygen atoms in total. The second kappa shape index (κ2) is 8.93. The van der Waals surface area contributed by atoms with Crippen molar-refractivity contribution < 1.29 is 19.7 Å². The van der Waals surface area contributed by atoms with Crippen molar-refractivity contribution in [3.63, 3.8) is 0 Å². The Kier molecular flexibility index (Phi) is 6.63. The minimum Gasteiger partial charge on any atom is -0.504 e. The van der Waals surface area contributed by atoms with Crippen molar-refractivity contribution in [3.05, 3.63) is 60.2 Å². The molecule has 2 aromatic carbocycles. The largest absolute Gasteiger partial charge is 0.504 e. The quantitative estimate of drug-likeness (QED) is 0.780. The fourth-order valence-corrected chi connectivity index (χ4v) is 2.30. The van der Waals surface area contributed by atoms with Crippen molar-refractivity contribution in [2.45, 2.75) is 13.5 Å². The molecule has 0 aromatic heterocycles. The van der Waals surface area contributed by atoms with Crippen molar-refractivity contribution >= 4 is 5.91 Å². The fraction of sp³-hybridized carbons (Fsp3) is 0.316. The molecule has 2 N–H and O–H groups in total. The molecule has 1 atom stereocenters. The van der Waals surface area contributed by atoms with Crippen LogP contribution in [0.15, 0.2) is 54.6 Å². The highest BCUT2D eigenvalue weighted by Gasteiger charge is 2.18. The molecule has 0 radical (unpaired) electrons. The van der Waals surface area contributed by atoms with Crippen LogP contribution in [0, 0.1) is 5.92 Å². The molecule has 2 aromatic rings. The number of benzene rings is 2. The molecule has 0 aliphatic carbocycles. The van der Waals surface area contributed by atoms with Crippen LogP contribution in [0.3, 0.4) is 0 Å². The minimum atomic E-state index is -0.192. The highest BCUT2D eigenvalue weighted by molar-refractivity contribution is 5.77. The lowest BCUT2D eigenvalue weighted by Crippen LogP contribution is -2.38. The first kappa shape index (κ1) is 17.8. The van der Waals surface area contributed by atoms with E-state index in [4.69, 9.17) is 4.74 Å². The molecular weight excluding hydrogens is 306 g/mol. The Bertz CT molecular complexity index is 645. The maximum absolute atomic E-state index is 12.5. The Morgan fingerprint density at radius 2 is 1.79 bits per heavy atom. The summed E-state index contributed by atoms with van der Waals surface area (Å²) in [6.07, 6.45) is 0. The SMILES string of the molecule is C[C@@H](CO)CN(Cc1ccccc1)C(=O)COc1ccccc1O. The van der Waals surface area contributed by atoms with E-state index in [9.17, 15) is 15.0 Å². The third-order valence-corrected chi connectivity index (χ3v) is 3.63. The Balaban J connectivity index is 2.02. The molecule has 0 spiro atoms. The maximum Gasteiger partial charge on any atom is 0.260 e. The van der Waals surface area contributed by atoms with Gasteiger partial charge in [0.1, 0.15) is 0 Å². The molecule has 0 bridgehead atoms. The van der Waals surface area contributed by atoms with Gasteiger partial charge < -0.3 is 19.8 Å². The van der Waals surface area contributed by atoms with E-state index in [1.165, 1.54) is 6.07 Å². The van der Waals surface area contributed by atoms with E-state index in [0.717, 1.165) is 5.56 Å². The van der Waals surface area contributed by atoms with Gasteiger partial charge in [-0.15, -0.1) is 0 Å². The molecule has 0 saturated carbocycles. The summed E-state index contributed by atoms with van der Waals surface area (Å²) in [6, 6.07) is 16.2. The van der Waals surface area contributed by atoms with E-state index in [0.29, 0.717) is 13.1 Å². The van der Waals surface area contributed by atoms with Gasteiger partial charge in [0.05, 0.1) is 0 Å². The summed E-state index contributed by atoms with van der Waals surface area (Å²) >= 11 is 0. The summed E-state index contributed by atoms with van der Waals surface area (Å²) in [5.41, 5.74) is 1.01. The smallest absolute Gasteiger partial charge is 0.260 e. The van der Waals surface area contributed by atoms with Crippen LogP contribution in [0.4, 0.5) is 0 Å². The number of hydrogen-bond donors (Lipinski definition) is 2. The third kappa shape index (κ3) is 5.28. The maximum atomic E-state index is 12.5. The number of phenolic OH excluding ortho intramolecular Hbond substituents is 1. The molecule has 0 saturated heterocycles. The third-order valence-electron chi connectivity index (χ3n) is 3.63. The molecule has 128 valence electrons. The topological polar surface area (TPSA) is 70.0 Å². The van der Waals surface area contributed by atoms with Gasteiger partial charge in [-0.2, -0.15) is 0 Å². The predicted molar refractivity (Wildman–Crippen MR) is 91.7 cm³/mol. The van der Waals surface area contributed by atoms with E-state index in [1.807, 2.05) is 37.3 Å². The molecular formula is C19H23NO4. The lowest BCUT2D eigenvalue weighted by molar-refractivity contribution is -0.134. The molecule has 0 heterocycles. The van der Waals surface area contributed by atoms with E-state index < -0.39 is 0 Å². The second-order valence-corrected chi connectivity index (χ2v) is 5.80. The van der Waals surface area contributed by atoms with Crippen molar-refractivity contribution in [2.24, 2.45) is 5.92 Å². The van der Waals surface area contributed by atoms with Crippen molar-refractivity contribution in [1.82, 2.24) is 4.90 Å². The van der Waals surface area contributed by atoms with Gasteiger partial charge in [0, 0.05) is 19.7 Å². The Hall–Kier alpha value is -2.53. The molecule has 24 heavy (non-hydrogen) atoms. The Morgan fingerprint density at radius 3 is 2.46 bits per heavy atom. The average Bonchev–Trinajstić information content (AvgIpc) is 2.61. The first-order valence-corrected chi connectivity index (χ1v) is 7.93. The average molecular weight is 329 g/mol. The van der Waals surface area contributed by atoms with Crippen LogP contribution < -0.4 is 4.74 Å². The van der Waals surface area contributed by atoms with Gasteiger partial charge in [0.2, 0.25) is 0 Å². The van der Waals surface area contributed by atoms with Crippen molar-refractivity contribution in [3.8, 4) is 11.5 Å². The molecule has 0 aliphatic rings. The second-order valence-electron chi connectivity index (χ2n) is 5.80. The molecule has 1 amide bonds. The number of hydrogen-bond acceptors (Lipinski definition) is 4. The summed E-state index contributed by atoms with van der Waals surface area (Å²) in [5.74, 6) is 0.0644. The van der Waals surface area contributed by atoms with Crippen molar-refractivity contribution in [1.29, 1.82) is 0 Å². The number of aliphatic hydroxyl groups is 1. The monoisotopic (exact) mass is 329 g/mol. The highest BCUT2D eigenvalue weighted by Crippen LogP contribution is 2.24. The number of ether oxygens (including phenoxy) is 1. The van der Waals surface area contributed by atoms with Gasteiger partial charge in [0.25, 0.3) is 5.91 Å². The summed E-state index contributed by atoms with van der Waals surface area (Å²) in [4.78, 5) is 14.2. The molecule has 0 aliphatic heterocycles. The number of amides is 1. The van der Waals surface area contributed by atoms with E-state index >= 15 is 0 Å². The zero-order valence-corrected chi connectivity index (χ0v) is 13.8. The number of carbonyl (C=O) groups is 1. The minimum absolute atomic E-state index is 0.00337. The van der Waals surface area contributed by atoms with Crippen LogP contribution in [0.1, 0.15) is 12.5 Å². The van der Waals surface area contributed by atoms with Crippen molar-refractivity contribution in [2.75, 3.05) is 19.8 Å². The molecule has 5 heteroatoms. The van der Waals surface area contributed by atoms with Gasteiger partial charge in [-0.1, -0.05) is 49.4 Å². The number of aromatic hydroxyl groups is 1. The highest BCUT2D eigenvalue weighted by atomic mass is 16.5. The molecule has 2 rings (SSSR count). The van der Waals surface area contributed by atoms with Crippen LogP contribution in [0.25, 0.3) is 0 Å². The van der Waals surface area contributed by atoms with Gasteiger partial charge in [-0.25, -0.2) is 0 Å². The van der Waals surface area contributed by atoms with Crippen LogP contribution in [-0.2, 0) is 11.3 Å². The molecule has 0 fully saturated rings. The van der Waals surface area contributed by atoms with Gasteiger partial charge in [0.15, 0.2) is 18.1 Å². The van der Waals surface area contributed by atoms with Gasteiger partial charge in [-0.3, -0.25) is 4.79 Å². The Labute approximate surface area is 142 Å². The lowest BCUT2D eigenvalue weighted by Gasteiger charge is -2.25. The normalized spacial score (nSPS) is 11.8. The first-order valence-electron chi connectivity index (χ1n) is 7.93. The van der Waals surface area contributed by atoms with Gasteiger partial charge >= 0.3 is 0 Å². The number of aliphatic hydroxyl groups excluding tert-OH is 1. The Morgan fingerprint density at radius 1 is 1.12 bits per heavy atom. The van der Waals surface area contributed by atoms with Crippen LogP contribution in [-0.4, -0.2) is 40.8 Å². The van der Waals surface area contributed by atoms with Gasteiger partial charge in [-0.05, 0) is 23.6 Å². The van der Waals surface area contributed by atoms with E-state index in [1.54, 1.807) is 23.1 Å². The van der Waals surface area contributed by atoms with E-state index in [-0.39, 0.29) is 36.5 Å². The summed E-state index contributed by atoms with van der Waals surface area (Å²) < 4.78 is 5.43. The fourth-order valence-electron chi connectivity index (χ4n) is 2.30. The summed E-state index contributed by atoms with van der Waals surface area (Å²) in [7, 11) is 0. The predicted octanol–water partition coefficient (Wildman–Crippen LogP) is 2.43. The zero-order valence-electron chi connectivity index (χ0n) is 13.8. The first-order chi connectivity index (χ1) is 11.6. The van der Waals surface area contributed by atoms with E-state index in [2.05, 4.69) is 0 Å². The number of para-hydroxylation sites is 2. The van der Waals surface area contributed by atoms with Crippen LogP contribution in [0.5, 0.6) is 11.5 Å². The van der Waals surface area contributed by atoms with Crippen LogP contribution >= 0.6 is 0 Å². The summed E-state index contributed by atoms with van der Waals surface area (Å²) in [5, 5.41) is 19.0. The summed E-state index contributed by atoms with van der Waals surface area (Å²) in [6.45, 7) is 2.62. The molecule has 0 unspecified atom stereocenters.